The van der Waals surface area contributed by atoms with Crippen LogP contribution in [0, 0.1) is 5.41 Å². The molecule has 0 spiro atoms. The fourth-order valence-electron chi connectivity index (χ4n) is 3.58. The van der Waals surface area contributed by atoms with E-state index < -0.39 is 0 Å². The van der Waals surface area contributed by atoms with Crippen molar-refractivity contribution in [1.82, 2.24) is 20.2 Å². The molecule has 3 saturated heterocycles. The topological polar surface area (TPSA) is 61.0 Å². The normalized spacial score (nSPS) is 27.9. The van der Waals surface area contributed by atoms with Gasteiger partial charge in [0.25, 0.3) is 5.91 Å². The fraction of sp³-hybridized carbons (Fsp3) is 0.500. The van der Waals surface area contributed by atoms with E-state index in [9.17, 15) is 4.79 Å². The third-order valence-corrected chi connectivity index (χ3v) is 5.14. The van der Waals surface area contributed by atoms with Gasteiger partial charge in [0, 0.05) is 12.7 Å². The standard InChI is InChI=1S/C16H20N4O/c21-15(14-2-1-12-13(19-14)3-7-17-12)18-11-16-4-8-20(9-5-16)10-6-16/h1-3,7,17H,4-6,8-11H2,(H,18,21). The van der Waals surface area contributed by atoms with Gasteiger partial charge in [0.2, 0.25) is 0 Å². The number of piperidine rings is 3. The van der Waals surface area contributed by atoms with Crippen LogP contribution in [0.25, 0.3) is 11.0 Å². The lowest BCUT2D eigenvalue weighted by Gasteiger charge is -2.48. The lowest BCUT2D eigenvalue weighted by molar-refractivity contribution is 0.0262. The molecule has 3 fully saturated rings. The number of hydrogen-bond acceptors (Lipinski definition) is 3. The first-order valence-electron chi connectivity index (χ1n) is 7.69. The fourth-order valence-corrected chi connectivity index (χ4v) is 3.58. The Balaban J connectivity index is 1.45. The van der Waals surface area contributed by atoms with Crippen molar-refractivity contribution in [3.05, 3.63) is 30.1 Å². The highest BCUT2D eigenvalue weighted by Gasteiger charge is 2.39. The molecule has 2 aromatic heterocycles. The zero-order valence-electron chi connectivity index (χ0n) is 12.1. The van der Waals surface area contributed by atoms with Gasteiger partial charge in [-0.05, 0) is 62.5 Å². The molecule has 0 atom stereocenters. The number of carbonyl (C=O) groups excluding carboxylic acids is 1. The summed E-state index contributed by atoms with van der Waals surface area (Å²) in [7, 11) is 0. The molecule has 21 heavy (non-hydrogen) atoms. The van der Waals surface area contributed by atoms with Crippen LogP contribution in [0.5, 0.6) is 0 Å². The maximum absolute atomic E-state index is 12.3. The van der Waals surface area contributed by atoms with Crippen molar-refractivity contribution in [3.8, 4) is 0 Å². The van der Waals surface area contributed by atoms with E-state index in [0.29, 0.717) is 11.1 Å². The summed E-state index contributed by atoms with van der Waals surface area (Å²) in [6.45, 7) is 4.34. The molecule has 0 radical (unpaired) electrons. The Bertz CT molecular complexity index is 656. The number of fused-ring (bicyclic) bond motifs is 4. The number of aromatic amines is 1. The number of pyridine rings is 1. The lowest BCUT2D eigenvalue weighted by Crippen LogP contribution is -2.52. The van der Waals surface area contributed by atoms with Crippen molar-refractivity contribution < 1.29 is 4.79 Å². The molecular formula is C16H20N4O. The van der Waals surface area contributed by atoms with Crippen LogP contribution < -0.4 is 5.32 Å². The molecular weight excluding hydrogens is 264 g/mol. The minimum Gasteiger partial charge on any atom is -0.360 e. The number of rotatable bonds is 3. The SMILES string of the molecule is O=C(NCC12CCN(CC1)CC2)c1ccc2[nH]ccc2n1. The molecule has 2 aromatic rings. The molecule has 5 nitrogen and oxygen atoms in total. The third kappa shape index (κ3) is 2.31. The quantitative estimate of drug-likeness (QED) is 0.903. The van der Waals surface area contributed by atoms with E-state index in [4.69, 9.17) is 0 Å². The number of nitrogens with one attached hydrogen (secondary N) is 2. The molecule has 0 aliphatic carbocycles. The second-order valence-corrected chi connectivity index (χ2v) is 6.38. The summed E-state index contributed by atoms with van der Waals surface area (Å²) in [6.07, 6.45) is 5.46. The maximum Gasteiger partial charge on any atom is 0.269 e. The summed E-state index contributed by atoms with van der Waals surface area (Å²) in [5, 5.41) is 3.11. The van der Waals surface area contributed by atoms with Crippen LogP contribution in [0.15, 0.2) is 24.4 Å². The average Bonchev–Trinajstić information content (AvgIpc) is 3.02. The monoisotopic (exact) mass is 284 g/mol. The van der Waals surface area contributed by atoms with Crippen LogP contribution >= 0.6 is 0 Å². The van der Waals surface area contributed by atoms with Crippen molar-refractivity contribution in [2.24, 2.45) is 5.41 Å². The number of amides is 1. The highest BCUT2D eigenvalue weighted by molar-refractivity contribution is 5.94. The summed E-state index contributed by atoms with van der Waals surface area (Å²) >= 11 is 0. The highest BCUT2D eigenvalue weighted by Crippen LogP contribution is 2.39. The Morgan fingerprint density at radius 3 is 2.76 bits per heavy atom. The largest absolute Gasteiger partial charge is 0.360 e. The zero-order valence-corrected chi connectivity index (χ0v) is 12.1. The van der Waals surface area contributed by atoms with Gasteiger partial charge in [-0.25, -0.2) is 4.98 Å². The van der Waals surface area contributed by atoms with Gasteiger partial charge < -0.3 is 15.2 Å². The predicted octanol–water partition coefficient (Wildman–Crippen LogP) is 1.78. The van der Waals surface area contributed by atoms with E-state index in [1.54, 1.807) is 6.07 Å². The molecule has 3 aliphatic heterocycles. The van der Waals surface area contributed by atoms with Crippen LogP contribution in [-0.2, 0) is 0 Å². The summed E-state index contributed by atoms with van der Waals surface area (Å²) in [6, 6.07) is 5.59. The molecule has 5 heteroatoms. The number of hydrogen-bond donors (Lipinski definition) is 2. The first kappa shape index (κ1) is 12.8. The van der Waals surface area contributed by atoms with Crippen LogP contribution in [0.1, 0.15) is 29.8 Å². The highest BCUT2D eigenvalue weighted by atomic mass is 16.1. The summed E-state index contributed by atoms with van der Waals surface area (Å²) in [5.41, 5.74) is 2.63. The second-order valence-electron chi connectivity index (χ2n) is 6.38. The van der Waals surface area contributed by atoms with Gasteiger partial charge in [-0.1, -0.05) is 0 Å². The number of nitrogens with zero attached hydrogens (tertiary/aromatic N) is 2. The molecule has 110 valence electrons. The number of carbonyl (C=O) groups is 1. The molecule has 1 amide bonds. The van der Waals surface area contributed by atoms with Gasteiger partial charge in [0.1, 0.15) is 5.69 Å². The Morgan fingerprint density at radius 1 is 1.24 bits per heavy atom. The minimum absolute atomic E-state index is 0.0551. The molecule has 3 aliphatic rings. The lowest BCUT2D eigenvalue weighted by atomic mass is 9.72. The van der Waals surface area contributed by atoms with Crippen molar-refractivity contribution in [2.75, 3.05) is 26.2 Å². The molecule has 5 heterocycles. The van der Waals surface area contributed by atoms with Crippen LogP contribution in [-0.4, -0.2) is 47.0 Å². The van der Waals surface area contributed by atoms with Crippen molar-refractivity contribution in [3.63, 3.8) is 0 Å². The summed E-state index contributed by atoms with van der Waals surface area (Å²) < 4.78 is 0. The summed E-state index contributed by atoms with van der Waals surface area (Å²) in [4.78, 5) is 22.3. The Morgan fingerprint density at radius 2 is 2.00 bits per heavy atom. The second kappa shape index (κ2) is 4.84. The number of H-pyrrole nitrogens is 1. The van der Waals surface area contributed by atoms with E-state index in [-0.39, 0.29) is 5.91 Å². The Labute approximate surface area is 123 Å². The maximum atomic E-state index is 12.3. The first-order chi connectivity index (χ1) is 10.2. The van der Waals surface area contributed by atoms with E-state index in [1.165, 1.54) is 38.9 Å². The Kier molecular flexibility index (Phi) is 2.96. The van der Waals surface area contributed by atoms with Gasteiger partial charge in [-0.2, -0.15) is 0 Å². The smallest absolute Gasteiger partial charge is 0.269 e. The van der Waals surface area contributed by atoms with E-state index in [2.05, 4.69) is 20.2 Å². The van der Waals surface area contributed by atoms with Gasteiger partial charge in [0.05, 0.1) is 11.0 Å². The van der Waals surface area contributed by atoms with Crippen molar-refractivity contribution >= 4 is 16.9 Å². The van der Waals surface area contributed by atoms with Crippen molar-refractivity contribution in [1.29, 1.82) is 0 Å². The van der Waals surface area contributed by atoms with E-state index >= 15 is 0 Å². The number of aromatic nitrogens is 2. The molecule has 2 bridgehead atoms. The van der Waals surface area contributed by atoms with E-state index in [0.717, 1.165) is 17.6 Å². The Hall–Kier alpha value is -1.88. The molecule has 2 N–H and O–H groups in total. The molecule has 0 saturated carbocycles. The molecule has 5 rings (SSSR count). The van der Waals surface area contributed by atoms with Crippen LogP contribution in [0.3, 0.4) is 0 Å². The van der Waals surface area contributed by atoms with Gasteiger partial charge in [0.15, 0.2) is 0 Å². The zero-order chi connectivity index (χ0) is 14.3. The van der Waals surface area contributed by atoms with Crippen LogP contribution in [0.2, 0.25) is 0 Å². The third-order valence-electron chi connectivity index (χ3n) is 5.14. The predicted molar refractivity (Wildman–Crippen MR) is 81.2 cm³/mol. The molecule has 0 unspecified atom stereocenters. The van der Waals surface area contributed by atoms with E-state index in [1.807, 2.05) is 18.3 Å². The van der Waals surface area contributed by atoms with Crippen molar-refractivity contribution in [2.45, 2.75) is 19.3 Å². The first-order valence-corrected chi connectivity index (χ1v) is 7.69. The minimum atomic E-state index is -0.0551. The van der Waals surface area contributed by atoms with Crippen LogP contribution in [0.4, 0.5) is 0 Å². The van der Waals surface area contributed by atoms with Gasteiger partial charge >= 0.3 is 0 Å². The molecule has 0 aromatic carbocycles. The average molecular weight is 284 g/mol. The summed E-state index contributed by atoms with van der Waals surface area (Å²) in [5.74, 6) is -0.0551. The van der Waals surface area contributed by atoms with Gasteiger partial charge in [-0.15, -0.1) is 0 Å². The van der Waals surface area contributed by atoms with Gasteiger partial charge in [-0.3, -0.25) is 4.79 Å².